The summed E-state index contributed by atoms with van der Waals surface area (Å²) in [5, 5.41) is 17.4. The fraction of sp³-hybridized carbons (Fsp3) is 0.564. The average Bonchev–Trinajstić information content (AvgIpc) is 3.14. The van der Waals surface area contributed by atoms with Gasteiger partial charge in [0.25, 0.3) is 0 Å². The molecule has 0 unspecified atom stereocenters. The first-order valence-corrected chi connectivity index (χ1v) is 18.7. The number of likely N-dealkylation sites (tertiary alicyclic amines) is 1. The summed E-state index contributed by atoms with van der Waals surface area (Å²) in [7, 11) is 1.56. The second-order valence-corrected chi connectivity index (χ2v) is 14.1. The molecule has 8 N–H and O–H groups in total. The molecular formula is C39H60N8O5. The predicted molar refractivity (Wildman–Crippen MR) is 203 cm³/mol. The Labute approximate surface area is 309 Å². The molecule has 2 aromatic carbocycles. The smallest absolute Gasteiger partial charge is 0.314 e. The third-order valence-corrected chi connectivity index (χ3v) is 9.31. The average molecular weight is 721 g/mol. The fourth-order valence-corrected chi connectivity index (χ4v) is 6.33. The second kappa shape index (κ2) is 22.4. The Morgan fingerprint density at radius 1 is 0.808 bits per heavy atom. The molecular weight excluding hydrogens is 660 g/mol. The quantitative estimate of drug-likeness (QED) is 0.102. The Hall–Kier alpha value is -4.49. The minimum absolute atomic E-state index is 0.0252. The van der Waals surface area contributed by atoms with E-state index in [4.69, 9.17) is 5.73 Å². The number of urea groups is 1. The van der Waals surface area contributed by atoms with Gasteiger partial charge in [0.1, 0.15) is 18.1 Å². The maximum Gasteiger partial charge on any atom is 0.314 e. The van der Waals surface area contributed by atoms with Gasteiger partial charge in [-0.15, -0.1) is 0 Å². The van der Waals surface area contributed by atoms with Crippen LogP contribution in [0.2, 0.25) is 0 Å². The molecule has 1 fully saturated rings. The highest BCUT2D eigenvalue weighted by Gasteiger charge is 2.33. The number of piperidine rings is 1. The normalized spacial score (nSPS) is 15.5. The second-order valence-electron chi connectivity index (χ2n) is 14.1. The van der Waals surface area contributed by atoms with E-state index in [1.807, 2.05) is 74.5 Å². The zero-order chi connectivity index (χ0) is 37.9. The summed E-state index contributed by atoms with van der Waals surface area (Å²) in [4.78, 5) is 68.2. The first kappa shape index (κ1) is 41.9. The van der Waals surface area contributed by atoms with Crippen LogP contribution in [0, 0.1) is 5.92 Å². The Bertz CT molecular complexity index is 1400. The van der Waals surface area contributed by atoms with Crippen molar-refractivity contribution in [1.82, 2.24) is 36.8 Å². The molecule has 0 aliphatic carbocycles. The predicted octanol–water partition coefficient (Wildman–Crippen LogP) is 2.17. The molecule has 1 saturated heterocycles. The highest BCUT2D eigenvalue weighted by atomic mass is 16.2. The molecule has 0 radical (unpaired) electrons. The Balaban J connectivity index is 1.69. The van der Waals surface area contributed by atoms with Crippen molar-refractivity contribution in [3.05, 3.63) is 71.8 Å². The van der Waals surface area contributed by atoms with Gasteiger partial charge in [-0.05, 0) is 68.0 Å². The number of hydrogen-bond donors (Lipinski definition) is 7. The van der Waals surface area contributed by atoms with E-state index < -0.39 is 29.9 Å². The molecule has 1 aliphatic heterocycles. The van der Waals surface area contributed by atoms with Crippen molar-refractivity contribution in [2.24, 2.45) is 11.7 Å². The van der Waals surface area contributed by atoms with E-state index >= 15 is 0 Å². The van der Waals surface area contributed by atoms with Gasteiger partial charge in [0, 0.05) is 39.1 Å². The third kappa shape index (κ3) is 14.6. The molecule has 6 amide bonds. The van der Waals surface area contributed by atoms with E-state index in [9.17, 15) is 24.0 Å². The molecule has 13 heteroatoms. The van der Waals surface area contributed by atoms with E-state index in [0.717, 1.165) is 11.1 Å². The first-order valence-electron chi connectivity index (χ1n) is 18.7. The monoisotopic (exact) mass is 720 g/mol. The summed E-state index contributed by atoms with van der Waals surface area (Å²) in [6.45, 7) is 7.96. The minimum atomic E-state index is -0.933. The van der Waals surface area contributed by atoms with Crippen molar-refractivity contribution in [2.75, 3.05) is 39.8 Å². The van der Waals surface area contributed by atoms with E-state index in [2.05, 4.69) is 38.8 Å². The third-order valence-electron chi connectivity index (χ3n) is 9.31. The molecule has 13 nitrogen and oxygen atoms in total. The summed E-state index contributed by atoms with van der Waals surface area (Å²) in [5.74, 6) is -1.22. The number of nitrogens with zero attached hydrogens (tertiary/aromatic N) is 1. The Morgan fingerprint density at radius 2 is 1.42 bits per heavy atom. The van der Waals surface area contributed by atoms with Gasteiger partial charge in [0.15, 0.2) is 0 Å². The Kier molecular flexibility index (Phi) is 18.1. The molecule has 4 atom stereocenters. The number of carbonyl (C=O) groups is 5. The van der Waals surface area contributed by atoms with Gasteiger partial charge in [-0.25, -0.2) is 4.79 Å². The topological polar surface area (TPSA) is 187 Å². The molecule has 52 heavy (non-hydrogen) atoms. The van der Waals surface area contributed by atoms with Crippen molar-refractivity contribution in [3.63, 3.8) is 0 Å². The number of unbranched alkanes of at least 4 members (excludes halogenated alkanes) is 1. The van der Waals surface area contributed by atoms with Crippen molar-refractivity contribution in [1.29, 1.82) is 0 Å². The molecule has 1 aliphatic rings. The van der Waals surface area contributed by atoms with Gasteiger partial charge in [-0.2, -0.15) is 0 Å². The van der Waals surface area contributed by atoms with Crippen LogP contribution in [-0.4, -0.2) is 98.5 Å². The van der Waals surface area contributed by atoms with Crippen LogP contribution in [0.15, 0.2) is 60.7 Å². The molecule has 3 rings (SSSR count). The molecule has 0 aromatic heterocycles. The number of carbonyl (C=O) groups excluding carboxylic acids is 5. The summed E-state index contributed by atoms with van der Waals surface area (Å²) in [6.07, 6.45) is 3.53. The lowest BCUT2D eigenvalue weighted by Crippen LogP contribution is -2.58. The highest BCUT2D eigenvalue weighted by molar-refractivity contribution is 5.94. The van der Waals surface area contributed by atoms with Gasteiger partial charge in [-0.1, -0.05) is 81.4 Å². The summed E-state index contributed by atoms with van der Waals surface area (Å²) in [5.41, 5.74) is 7.76. The molecule has 1 heterocycles. The molecule has 0 bridgehead atoms. The van der Waals surface area contributed by atoms with E-state index in [1.165, 1.54) is 0 Å². The van der Waals surface area contributed by atoms with Gasteiger partial charge in [0.05, 0.1) is 6.54 Å². The van der Waals surface area contributed by atoms with Crippen molar-refractivity contribution < 1.29 is 24.0 Å². The first-order chi connectivity index (χ1) is 25.0. The maximum absolute atomic E-state index is 13.9. The van der Waals surface area contributed by atoms with Crippen LogP contribution in [-0.2, 0) is 25.6 Å². The van der Waals surface area contributed by atoms with Crippen LogP contribution < -0.4 is 37.6 Å². The number of amides is 6. The van der Waals surface area contributed by atoms with Gasteiger partial charge >= 0.3 is 6.03 Å². The van der Waals surface area contributed by atoms with Crippen LogP contribution in [0.5, 0.6) is 0 Å². The number of benzene rings is 2. The summed E-state index contributed by atoms with van der Waals surface area (Å²) < 4.78 is 0. The summed E-state index contributed by atoms with van der Waals surface area (Å²) >= 11 is 0. The van der Waals surface area contributed by atoms with E-state index in [1.54, 1.807) is 11.9 Å². The van der Waals surface area contributed by atoms with Crippen LogP contribution in [0.1, 0.15) is 76.3 Å². The van der Waals surface area contributed by atoms with Crippen LogP contribution in [0.25, 0.3) is 0 Å². The molecule has 286 valence electrons. The Morgan fingerprint density at radius 3 is 2.04 bits per heavy atom. The maximum atomic E-state index is 13.9. The molecule has 0 saturated carbocycles. The number of nitrogens with one attached hydrogen (secondary N) is 6. The van der Waals surface area contributed by atoms with Crippen LogP contribution in [0.3, 0.4) is 0 Å². The number of hydrogen-bond acceptors (Lipinski definition) is 7. The minimum Gasteiger partial charge on any atom is -0.343 e. The summed E-state index contributed by atoms with van der Waals surface area (Å²) in [6, 6.07) is 16.5. The lowest BCUT2D eigenvalue weighted by molar-refractivity contribution is -0.138. The van der Waals surface area contributed by atoms with Crippen molar-refractivity contribution in [2.45, 2.75) is 95.8 Å². The molecule has 0 spiro atoms. The van der Waals surface area contributed by atoms with Crippen LogP contribution >= 0.6 is 0 Å². The van der Waals surface area contributed by atoms with E-state index in [0.29, 0.717) is 64.7 Å². The fourth-order valence-electron chi connectivity index (χ4n) is 6.33. The van der Waals surface area contributed by atoms with Gasteiger partial charge in [0.2, 0.25) is 23.6 Å². The number of nitrogens with two attached hydrogens (primary N) is 1. The highest BCUT2D eigenvalue weighted by Crippen LogP contribution is 2.16. The van der Waals surface area contributed by atoms with Gasteiger partial charge < -0.3 is 42.5 Å². The largest absolute Gasteiger partial charge is 0.343 e. The lowest BCUT2D eigenvalue weighted by atomic mass is 9.99. The van der Waals surface area contributed by atoms with E-state index in [-0.39, 0.29) is 48.7 Å². The number of rotatable bonds is 20. The van der Waals surface area contributed by atoms with Gasteiger partial charge in [-0.3, -0.25) is 19.2 Å². The van der Waals surface area contributed by atoms with Crippen LogP contribution in [0.4, 0.5) is 4.79 Å². The standard InChI is InChI=1S/C39H60N8O5/c1-27(2)23-33(36(49)45-32(17-11-12-20-40)38(51)47-21-18-31(19-22-47)43-39(52)41-4)46-37(50)34(24-29-13-7-5-8-14-29)44-35(48)26-42-25-28(3)30-15-9-6-10-16-30/h5-10,13-16,27-28,31-34,42H,11-12,17-26,40H2,1-4H3,(H,44,48)(H,45,49)(H,46,50)(H2,41,43,52)/t28-,32+,33+,34+/m0/s1. The lowest BCUT2D eigenvalue weighted by Gasteiger charge is -2.35. The van der Waals surface area contributed by atoms with Crippen molar-refractivity contribution in [3.8, 4) is 0 Å². The van der Waals surface area contributed by atoms with Crippen molar-refractivity contribution >= 4 is 29.7 Å². The SMILES string of the molecule is CNC(=O)NC1CCN(C(=O)[C@@H](CCCCN)NC(=O)[C@@H](CC(C)C)NC(=O)[C@@H](Cc2ccccc2)NC(=O)CNC[C@H](C)c2ccccc2)CC1. The molecule has 2 aromatic rings. The zero-order valence-corrected chi connectivity index (χ0v) is 31.3. The zero-order valence-electron chi connectivity index (χ0n) is 31.3.